The molecule has 7 heteroatoms. The van der Waals surface area contributed by atoms with Gasteiger partial charge < -0.3 is 15.5 Å². The number of nitrogens with zero attached hydrogens (tertiary/aromatic N) is 2. The van der Waals surface area contributed by atoms with Crippen molar-refractivity contribution in [1.82, 2.24) is 20.5 Å². The van der Waals surface area contributed by atoms with Gasteiger partial charge >= 0.3 is 0 Å². The zero-order chi connectivity index (χ0) is 20.3. The fraction of sp³-hybridized carbons (Fsp3) is 0.364. The molecule has 3 heterocycles. The molecule has 150 valence electrons. The first kappa shape index (κ1) is 19.1. The Kier molecular flexibility index (Phi) is 5.29. The van der Waals surface area contributed by atoms with Crippen molar-refractivity contribution in [3.05, 3.63) is 65.5 Å². The molecule has 2 N–H and O–H groups in total. The maximum absolute atomic E-state index is 12.7. The van der Waals surface area contributed by atoms with Crippen LogP contribution in [0.1, 0.15) is 45.5 Å². The third kappa shape index (κ3) is 4.13. The second kappa shape index (κ2) is 8.03. The average molecular weight is 392 g/mol. The van der Waals surface area contributed by atoms with Crippen molar-refractivity contribution >= 4 is 17.7 Å². The maximum atomic E-state index is 12.7. The number of benzene rings is 1. The summed E-state index contributed by atoms with van der Waals surface area (Å²) in [6.07, 6.45) is 5.72. The molecule has 0 aliphatic carbocycles. The van der Waals surface area contributed by atoms with Gasteiger partial charge in [-0.2, -0.15) is 0 Å². The van der Waals surface area contributed by atoms with Crippen molar-refractivity contribution in [2.75, 3.05) is 19.6 Å². The van der Waals surface area contributed by atoms with E-state index in [9.17, 15) is 14.4 Å². The Morgan fingerprint density at radius 3 is 2.86 bits per heavy atom. The molecule has 0 radical (unpaired) electrons. The van der Waals surface area contributed by atoms with Crippen LogP contribution in [-0.2, 0) is 11.2 Å². The van der Waals surface area contributed by atoms with E-state index in [4.69, 9.17) is 0 Å². The van der Waals surface area contributed by atoms with Gasteiger partial charge in [0.25, 0.3) is 11.8 Å². The minimum Gasteiger partial charge on any atom is -0.351 e. The predicted octanol–water partition coefficient (Wildman–Crippen LogP) is 1.55. The van der Waals surface area contributed by atoms with Crippen molar-refractivity contribution in [2.24, 2.45) is 0 Å². The van der Waals surface area contributed by atoms with E-state index < -0.39 is 0 Å². The predicted molar refractivity (Wildman–Crippen MR) is 107 cm³/mol. The second-order valence-corrected chi connectivity index (χ2v) is 7.70. The van der Waals surface area contributed by atoms with E-state index in [1.54, 1.807) is 23.2 Å². The molecule has 3 amide bonds. The summed E-state index contributed by atoms with van der Waals surface area (Å²) in [5.74, 6) is -0.307. The third-order valence-corrected chi connectivity index (χ3v) is 5.77. The van der Waals surface area contributed by atoms with Gasteiger partial charge in [0.2, 0.25) is 5.91 Å². The standard InChI is InChI=1S/C22H24N4O3/c27-19(8-12-24-20(28)17-5-3-11-23-14-17)26-13-10-22(15-26)9-7-16-4-1-2-6-18(16)21(29)25-22/h1-6,11,14H,7-10,12-13,15H2,(H,24,28)(H,25,29)/t22-/m0/s1. The molecule has 0 unspecified atom stereocenters. The highest BCUT2D eigenvalue weighted by Crippen LogP contribution is 2.30. The molecule has 7 nitrogen and oxygen atoms in total. The van der Waals surface area contributed by atoms with Crippen molar-refractivity contribution in [3.8, 4) is 0 Å². The maximum Gasteiger partial charge on any atom is 0.252 e. The summed E-state index contributed by atoms with van der Waals surface area (Å²) >= 11 is 0. The highest BCUT2D eigenvalue weighted by molar-refractivity contribution is 5.97. The van der Waals surface area contributed by atoms with Crippen LogP contribution in [0.5, 0.6) is 0 Å². The number of carbonyl (C=O) groups is 3. The normalized spacial score (nSPS) is 20.7. The van der Waals surface area contributed by atoms with Crippen LogP contribution in [0.4, 0.5) is 0 Å². The number of hydrogen-bond acceptors (Lipinski definition) is 4. The van der Waals surface area contributed by atoms with Crippen molar-refractivity contribution < 1.29 is 14.4 Å². The molecule has 1 fully saturated rings. The molecule has 0 bridgehead atoms. The van der Waals surface area contributed by atoms with Gasteiger partial charge in [-0.25, -0.2) is 0 Å². The summed E-state index contributed by atoms with van der Waals surface area (Å²) in [4.78, 5) is 43.0. The van der Waals surface area contributed by atoms with Gasteiger partial charge in [-0.15, -0.1) is 0 Å². The lowest BCUT2D eigenvalue weighted by Crippen LogP contribution is -2.50. The van der Waals surface area contributed by atoms with Crippen LogP contribution in [0.3, 0.4) is 0 Å². The van der Waals surface area contributed by atoms with E-state index in [2.05, 4.69) is 15.6 Å². The number of rotatable bonds is 4. The van der Waals surface area contributed by atoms with Gasteiger partial charge in [-0.05, 0) is 43.0 Å². The van der Waals surface area contributed by atoms with E-state index in [1.165, 1.54) is 6.20 Å². The molecular formula is C22H24N4O3. The zero-order valence-electron chi connectivity index (χ0n) is 16.2. The Morgan fingerprint density at radius 2 is 2.03 bits per heavy atom. The number of likely N-dealkylation sites (tertiary alicyclic amines) is 1. The summed E-state index contributed by atoms with van der Waals surface area (Å²) < 4.78 is 0. The number of hydrogen-bond donors (Lipinski definition) is 2. The van der Waals surface area contributed by atoms with Gasteiger partial charge in [0.1, 0.15) is 0 Å². The number of carbonyl (C=O) groups excluding carboxylic acids is 3. The number of pyridine rings is 1. The van der Waals surface area contributed by atoms with Gasteiger partial charge in [0.15, 0.2) is 0 Å². The minimum absolute atomic E-state index is 0.00984. The Morgan fingerprint density at radius 1 is 1.17 bits per heavy atom. The minimum atomic E-state index is -0.370. The molecule has 1 aromatic heterocycles. The number of aryl methyl sites for hydroxylation is 1. The SMILES string of the molecule is O=C(NCCC(=O)N1CC[C@@]2(CCc3ccccc3C(=O)N2)C1)c1cccnc1. The number of nitrogens with one attached hydrogen (secondary N) is 2. The van der Waals surface area contributed by atoms with Crippen LogP contribution < -0.4 is 10.6 Å². The molecule has 1 saturated heterocycles. The molecule has 2 aromatic rings. The fourth-order valence-electron chi connectivity index (χ4n) is 4.14. The van der Waals surface area contributed by atoms with E-state index in [1.807, 2.05) is 24.3 Å². The molecule has 1 aromatic carbocycles. The largest absolute Gasteiger partial charge is 0.351 e. The van der Waals surface area contributed by atoms with Crippen LogP contribution in [0.25, 0.3) is 0 Å². The third-order valence-electron chi connectivity index (χ3n) is 5.77. The molecule has 2 aliphatic heterocycles. The number of amides is 3. The summed E-state index contributed by atoms with van der Waals surface area (Å²) in [6, 6.07) is 11.1. The van der Waals surface area contributed by atoms with Crippen LogP contribution >= 0.6 is 0 Å². The molecule has 29 heavy (non-hydrogen) atoms. The monoisotopic (exact) mass is 392 g/mol. The highest BCUT2D eigenvalue weighted by atomic mass is 16.2. The van der Waals surface area contributed by atoms with Crippen LogP contribution in [-0.4, -0.2) is 52.8 Å². The molecule has 1 atom stereocenters. The molecule has 0 saturated carbocycles. The van der Waals surface area contributed by atoms with Gasteiger partial charge in [0.05, 0.1) is 11.1 Å². The summed E-state index contributed by atoms with van der Waals surface area (Å²) in [5.41, 5.74) is 1.89. The Hall–Kier alpha value is -3.22. The summed E-state index contributed by atoms with van der Waals surface area (Å²) in [7, 11) is 0. The van der Waals surface area contributed by atoms with Crippen LogP contribution in [0.15, 0.2) is 48.8 Å². The molecular weight excluding hydrogens is 368 g/mol. The van der Waals surface area contributed by atoms with E-state index >= 15 is 0 Å². The van der Waals surface area contributed by atoms with E-state index in [0.717, 1.165) is 30.4 Å². The van der Waals surface area contributed by atoms with Crippen LogP contribution in [0.2, 0.25) is 0 Å². The lowest BCUT2D eigenvalue weighted by atomic mass is 9.91. The smallest absolute Gasteiger partial charge is 0.252 e. The first-order chi connectivity index (χ1) is 14.1. The highest BCUT2D eigenvalue weighted by Gasteiger charge is 2.42. The van der Waals surface area contributed by atoms with E-state index in [-0.39, 0.29) is 36.2 Å². The first-order valence-electron chi connectivity index (χ1n) is 9.93. The van der Waals surface area contributed by atoms with Gasteiger partial charge in [-0.3, -0.25) is 19.4 Å². The zero-order valence-corrected chi connectivity index (χ0v) is 16.2. The summed E-state index contributed by atoms with van der Waals surface area (Å²) in [5, 5.41) is 5.94. The first-order valence-corrected chi connectivity index (χ1v) is 9.93. The average Bonchev–Trinajstić information content (AvgIpc) is 3.11. The van der Waals surface area contributed by atoms with Crippen LogP contribution in [0, 0.1) is 0 Å². The lowest BCUT2D eigenvalue weighted by Gasteiger charge is -2.29. The van der Waals surface area contributed by atoms with Gasteiger partial charge in [0, 0.05) is 44.0 Å². The Balaban J connectivity index is 1.31. The number of fused-ring (bicyclic) bond motifs is 1. The second-order valence-electron chi connectivity index (χ2n) is 7.70. The fourth-order valence-corrected chi connectivity index (χ4v) is 4.14. The van der Waals surface area contributed by atoms with Crippen molar-refractivity contribution in [3.63, 3.8) is 0 Å². The molecule has 2 aliphatic rings. The van der Waals surface area contributed by atoms with Gasteiger partial charge in [-0.1, -0.05) is 18.2 Å². The Bertz CT molecular complexity index is 931. The topological polar surface area (TPSA) is 91.4 Å². The summed E-state index contributed by atoms with van der Waals surface area (Å²) in [6.45, 7) is 1.40. The number of aromatic nitrogens is 1. The van der Waals surface area contributed by atoms with Crippen molar-refractivity contribution in [1.29, 1.82) is 0 Å². The van der Waals surface area contributed by atoms with E-state index in [0.29, 0.717) is 18.7 Å². The Labute approximate surface area is 169 Å². The van der Waals surface area contributed by atoms with Crippen molar-refractivity contribution in [2.45, 2.75) is 31.2 Å². The quantitative estimate of drug-likeness (QED) is 0.826. The molecule has 4 rings (SSSR count). The molecule has 1 spiro atoms. The lowest BCUT2D eigenvalue weighted by molar-refractivity contribution is -0.130.